The molecular formula is C18H20. The molecule has 0 saturated heterocycles. The highest BCUT2D eigenvalue weighted by Crippen LogP contribution is 2.33. The van der Waals surface area contributed by atoms with Crippen molar-refractivity contribution >= 4 is 0 Å². The van der Waals surface area contributed by atoms with Gasteiger partial charge in [0, 0.05) is 5.41 Å². The lowest BCUT2D eigenvalue weighted by atomic mass is 9.76. The molecule has 0 bridgehead atoms. The summed E-state index contributed by atoms with van der Waals surface area (Å²) in [6.07, 6.45) is 5.63. The van der Waals surface area contributed by atoms with Gasteiger partial charge in [0.05, 0.1) is 0 Å². The minimum absolute atomic E-state index is 0.0431. The second-order valence-corrected chi connectivity index (χ2v) is 4.75. The van der Waals surface area contributed by atoms with Gasteiger partial charge in [-0.05, 0) is 24.5 Å². The summed E-state index contributed by atoms with van der Waals surface area (Å²) in [7, 11) is 0. The Morgan fingerprint density at radius 2 is 1.28 bits per heavy atom. The minimum atomic E-state index is -0.0431. The standard InChI is InChI=1S/C18H20/c1-3-4-15-18(2,16-11-7-5-8-12-16)17-13-9-6-10-14-17/h4-15H,3H2,1-2H3/b15-4+. The van der Waals surface area contributed by atoms with E-state index >= 15 is 0 Å². The van der Waals surface area contributed by atoms with Crippen molar-refractivity contribution in [2.24, 2.45) is 0 Å². The van der Waals surface area contributed by atoms with Crippen molar-refractivity contribution in [3.05, 3.63) is 83.9 Å². The normalized spacial score (nSPS) is 11.9. The molecule has 0 atom stereocenters. The van der Waals surface area contributed by atoms with Crippen LogP contribution >= 0.6 is 0 Å². The Kier molecular flexibility index (Phi) is 3.99. The molecule has 0 heterocycles. The van der Waals surface area contributed by atoms with E-state index in [0.29, 0.717) is 0 Å². The van der Waals surface area contributed by atoms with Gasteiger partial charge in [0.1, 0.15) is 0 Å². The minimum Gasteiger partial charge on any atom is -0.0876 e. The van der Waals surface area contributed by atoms with E-state index in [9.17, 15) is 0 Å². The van der Waals surface area contributed by atoms with Gasteiger partial charge in [0.2, 0.25) is 0 Å². The molecule has 0 fully saturated rings. The number of hydrogen-bond acceptors (Lipinski definition) is 0. The predicted molar refractivity (Wildman–Crippen MR) is 78.8 cm³/mol. The fraction of sp³-hybridized carbons (Fsp3) is 0.222. The van der Waals surface area contributed by atoms with Crippen molar-refractivity contribution in [1.29, 1.82) is 0 Å². The van der Waals surface area contributed by atoms with Gasteiger partial charge in [-0.3, -0.25) is 0 Å². The van der Waals surface area contributed by atoms with E-state index in [1.54, 1.807) is 0 Å². The maximum atomic E-state index is 2.32. The lowest BCUT2D eigenvalue weighted by molar-refractivity contribution is 0.720. The highest BCUT2D eigenvalue weighted by molar-refractivity contribution is 5.43. The summed E-state index contributed by atoms with van der Waals surface area (Å²) in [5.74, 6) is 0. The van der Waals surface area contributed by atoms with Crippen molar-refractivity contribution in [3.63, 3.8) is 0 Å². The van der Waals surface area contributed by atoms with Gasteiger partial charge in [-0.15, -0.1) is 0 Å². The van der Waals surface area contributed by atoms with E-state index in [2.05, 4.69) is 86.7 Å². The zero-order valence-electron chi connectivity index (χ0n) is 11.1. The molecular weight excluding hydrogens is 216 g/mol. The Balaban J connectivity index is 2.51. The average molecular weight is 236 g/mol. The smallest absolute Gasteiger partial charge is 0.0353 e. The molecule has 0 spiro atoms. The maximum absolute atomic E-state index is 2.32. The van der Waals surface area contributed by atoms with E-state index < -0.39 is 0 Å². The van der Waals surface area contributed by atoms with Crippen LogP contribution < -0.4 is 0 Å². The molecule has 0 saturated carbocycles. The predicted octanol–water partition coefficient (Wildman–Crippen LogP) is 4.96. The van der Waals surface area contributed by atoms with Crippen LogP contribution in [0.4, 0.5) is 0 Å². The monoisotopic (exact) mass is 236 g/mol. The van der Waals surface area contributed by atoms with Gasteiger partial charge in [0.15, 0.2) is 0 Å². The van der Waals surface area contributed by atoms with E-state index in [-0.39, 0.29) is 5.41 Å². The van der Waals surface area contributed by atoms with Gasteiger partial charge in [-0.1, -0.05) is 79.7 Å². The van der Waals surface area contributed by atoms with Crippen LogP contribution in [0.25, 0.3) is 0 Å². The molecule has 0 amide bonds. The van der Waals surface area contributed by atoms with E-state index in [1.807, 2.05) is 0 Å². The number of benzene rings is 2. The topological polar surface area (TPSA) is 0 Å². The van der Waals surface area contributed by atoms with Crippen LogP contribution in [-0.4, -0.2) is 0 Å². The van der Waals surface area contributed by atoms with Crippen LogP contribution in [0.1, 0.15) is 31.4 Å². The molecule has 92 valence electrons. The highest BCUT2D eigenvalue weighted by atomic mass is 14.3. The van der Waals surface area contributed by atoms with Crippen LogP contribution in [0.2, 0.25) is 0 Å². The van der Waals surface area contributed by atoms with Crippen LogP contribution in [-0.2, 0) is 5.41 Å². The Morgan fingerprint density at radius 1 is 0.833 bits per heavy atom. The molecule has 0 nitrogen and oxygen atoms in total. The molecule has 0 aromatic heterocycles. The summed E-state index contributed by atoms with van der Waals surface area (Å²) < 4.78 is 0. The molecule has 0 heteroatoms. The van der Waals surface area contributed by atoms with Crippen LogP contribution in [0.5, 0.6) is 0 Å². The molecule has 0 aliphatic heterocycles. The maximum Gasteiger partial charge on any atom is 0.0353 e. The van der Waals surface area contributed by atoms with Crippen molar-refractivity contribution in [1.82, 2.24) is 0 Å². The molecule has 2 aromatic carbocycles. The largest absolute Gasteiger partial charge is 0.0876 e. The summed E-state index contributed by atoms with van der Waals surface area (Å²) in [4.78, 5) is 0. The Hall–Kier alpha value is -1.82. The van der Waals surface area contributed by atoms with Gasteiger partial charge in [0.25, 0.3) is 0 Å². The molecule has 0 radical (unpaired) electrons. The quantitative estimate of drug-likeness (QED) is 0.658. The van der Waals surface area contributed by atoms with Crippen molar-refractivity contribution in [3.8, 4) is 0 Å². The summed E-state index contributed by atoms with van der Waals surface area (Å²) in [6.45, 7) is 4.46. The molecule has 2 aromatic rings. The van der Waals surface area contributed by atoms with E-state index in [4.69, 9.17) is 0 Å². The Morgan fingerprint density at radius 3 is 1.67 bits per heavy atom. The lowest BCUT2D eigenvalue weighted by Gasteiger charge is -2.27. The molecule has 0 N–H and O–H groups in total. The first kappa shape index (κ1) is 12.6. The zero-order valence-corrected chi connectivity index (χ0v) is 11.1. The third-order valence-electron chi connectivity index (χ3n) is 3.43. The number of hydrogen-bond donors (Lipinski definition) is 0. The van der Waals surface area contributed by atoms with E-state index in [0.717, 1.165) is 6.42 Å². The molecule has 18 heavy (non-hydrogen) atoms. The highest BCUT2D eigenvalue weighted by Gasteiger charge is 2.24. The zero-order chi connectivity index (χ0) is 12.8. The summed E-state index contributed by atoms with van der Waals surface area (Å²) >= 11 is 0. The third-order valence-corrected chi connectivity index (χ3v) is 3.43. The van der Waals surface area contributed by atoms with Crippen LogP contribution in [0.3, 0.4) is 0 Å². The van der Waals surface area contributed by atoms with Gasteiger partial charge in [-0.25, -0.2) is 0 Å². The first-order chi connectivity index (χ1) is 8.77. The molecule has 0 aliphatic rings. The molecule has 0 aliphatic carbocycles. The average Bonchev–Trinajstić information content (AvgIpc) is 2.46. The number of rotatable bonds is 4. The van der Waals surface area contributed by atoms with Crippen molar-refractivity contribution in [2.45, 2.75) is 25.7 Å². The molecule has 2 rings (SSSR count). The van der Waals surface area contributed by atoms with Crippen LogP contribution in [0.15, 0.2) is 72.8 Å². The Bertz CT molecular complexity index is 455. The van der Waals surface area contributed by atoms with Crippen LogP contribution in [0, 0.1) is 0 Å². The third kappa shape index (κ3) is 2.53. The van der Waals surface area contributed by atoms with E-state index in [1.165, 1.54) is 11.1 Å². The fourth-order valence-corrected chi connectivity index (χ4v) is 2.28. The summed E-state index contributed by atoms with van der Waals surface area (Å²) in [6, 6.07) is 21.4. The first-order valence-electron chi connectivity index (χ1n) is 6.56. The second-order valence-electron chi connectivity index (χ2n) is 4.75. The lowest BCUT2D eigenvalue weighted by Crippen LogP contribution is -2.20. The van der Waals surface area contributed by atoms with Gasteiger partial charge < -0.3 is 0 Å². The molecule has 0 unspecified atom stereocenters. The second kappa shape index (κ2) is 5.68. The van der Waals surface area contributed by atoms with Gasteiger partial charge in [-0.2, -0.15) is 0 Å². The summed E-state index contributed by atoms with van der Waals surface area (Å²) in [5.41, 5.74) is 2.63. The first-order valence-corrected chi connectivity index (χ1v) is 6.56. The number of allylic oxidation sites excluding steroid dienone is 2. The van der Waals surface area contributed by atoms with Crippen molar-refractivity contribution < 1.29 is 0 Å². The van der Waals surface area contributed by atoms with Crippen molar-refractivity contribution in [2.75, 3.05) is 0 Å². The Labute approximate surface area is 110 Å². The van der Waals surface area contributed by atoms with Gasteiger partial charge >= 0.3 is 0 Å². The fourth-order valence-electron chi connectivity index (χ4n) is 2.28. The summed E-state index contributed by atoms with van der Waals surface area (Å²) in [5, 5.41) is 0. The SMILES string of the molecule is CC/C=C/C(C)(c1ccccc1)c1ccccc1.